The lowest BCUT2D eigenvalue weighted by Gasteiger charge is -2.18. The molecule has 0 unspecified atom stereocenters. The third-order valence-electron chi connectivity index (χ3n) is 12.3. The molecule has 0 N–H and O–H groups in total. The Balaban J connectivity index is 1.17. The molecule has 0 atom stereocenters. The number of hydrogen-bond acceptors (Lipinski definition) is 3. The maximum absolute atomic E-state index is 6.43. The maximum atomic E-state index is 6.43. The second kappa shape index (κ2) is 19.2. The lowest BCUT2D eigenvalue weighted by atomic mass is 9.86. The van der Waals surface area contributed by atoms with Crippen LogP contribution in [-0.4, -0.2) is 19.8 Å². The standard InChI is InChI=1S/C51H66O3/c1-4-7-10-13-16-19-28-52-40-25-22-37-31-46-49(43(37)34-40)47-32-38-23-26-41(53-29-20-17-14-11-8-5-2)35-44(38)51(47)48-33-39-24-27-42(36-45(39)50(46)48)54-30-21-18-15-12-9-6-3/h22-27,34-36H,4-21,28-33H2,1-3H3. The Hall–Kier alpha value is -3.72. The summed E-state index contributed by atoms with van der Waals surface area (Å²) in [4.78, 5) is 0. The molecule has 0 bridgehead atoms. The molecule has 3 heteroatoms. The van der Waals surface area contributed by atoms with Crippen molar-refractivity contribution >= 4 is 0 Å². The van der Waals surface area contributed by atoms with Gasteiger partial charge in [-0.15, -0.1) is 0 Å². The van der Waals surface area contributed by atoms with Crippen molar-refractivity contribution in [2.75, 3.05) is 19.8 Å². The monoisotopic (exact) mass is 727 g/mol. The summed E-state index contributed by atoms with van der Waals surface area (Å²) in [5.41, 5.74) is 17.3. The molecule has 54 heavy (non-hydrogen) atoms. The van der Waals surface area contributed by atoms with Gasteiger partial charge in [-0.2, -0.15) is 0 Å². The van der Waals surface area contributed by atoms with Crippen LogP contribution in [0.4, 0.5) is 0 Å². The fraction of sp³-hybridized carbons (Fsp3) is 0.529. The molecule has 0 fully saturated rings. The van der Waals surface area contributed by atoms with Gasteiger partial charge in [-0.1, -0.05) is 135 Å². The van der Waals surface area contributed by atoms with Crippen molar-refractivity contribution in [1.82, 2.24) is 0 Å². The van der Waals surface area contributed by atoms with Crippen LogP contribution < -0.4 is 14.2 Å². The van der Waals surface area contributed by atoms with Gasteiger partial charge in [0.2, 0.25) is 0 Å². The van der Waals surface area contributed by atoms with E-state index in [-0.39, 0.29) is 0 Å². The quantitative estimate of drug-likeness (QED) is 0.0580. The van der Waals surface area contributed by atoms with Gasteiger partial charge >= 0.3 is 0 Å². The van der Waals surface area contributed by atoms with E-state index in [4.69, 9.17) is 14.2 Å². The average Bonchev–Trinajstić information content (AvgIpc) is 3.87. The molecular weight excluding hydrogens is 661 g/mol. The summed E-state index contributed by atoms with van der Waals surface area (Å²) < 4.78 is 19.3. The van der Waals surface area contributed by atoms with E-state index in [0.29, 0.717) is 0 Å². The zero-order chi connectivity index (χ0) is 37.1. The Morgan fingerprint density at radius 3 is 0.926 bits per heavy atom. The van der Waals surface area contributed by atoms with Gasteiger partial charge in [0, 0.05) is 0 Å². The minimum atomic E-state index is 0.794. The summed E-state index contributed by atoms with van der Waals surface area (Å²) in [7, 11) is 0. The molecule has 3 aliphatic rings. The third-order valence-corrected chi connectivity index (χ3v) is 12.3. The molecule has 3 nitrogen and oxygen atoms in total. The molecule has 4 aromatic rings. The van der Waals surface area contributed by atoms with Gasteiger partial charge in [0.05, 0.1) is 19.8 Å². The van der Waals surface area contributed by atoms with Crippen LogP contribution in [0.1, 0.15) is 170 Å². The molecule has 3 aliphatic carbocycles. The third kappa shape index (κ3) is 8.87. The smallest absolute Gasteiger partial charge is 0.119 e. The van der Waals surface area contributed by atoms with E-state index >= 15 is 0 Å². The number of hydrogen-bond donors (Lipinski definition) is 0. The minimum absolute atomic E-state index is 0.794. The second-order valence-electron chi connectivity index (χ2n) is 16.4. The molecule has 0 aliphatic heterocycles. The van der Waals surface area contributed by atoms with E-state index in [0.717, 1.165) is 75.6 Å². The summed E-state index contributed by atoms with van der Waals surface area (Å²) >= 11 is 0. The summed E-state index contributed by atoms with van der Waals surface area (Å²) in [6, 6.07) is 20.8. The fourth-order valence-electron chi connectivity index (χ4n) is 9.31. The van der Waals surface area contributed by atoms with Crippen molar-refractivity contribution in [1.29, 1.82) is 0 Å². The molecule has 0 amide bonds. The first-order chi connectivity index (χ1) is 26.7. The van der Waals surface area contributed by atoms with Crippen molar-refractivity contribution in [2.45, 2.75) is 156 Å². The van der Waals surface area contributed by atoms with Crippen LogP contribution in [0, 0.1) is 0 Å². The molecule has 0 radical (unpaired) electrons. The van der Waals surface area contributed by atoms with E-state index in [9.17, 15) is 0 Å². The highest BCUT2D eigenvalue weighted by atomic mass is 16.5. The topological polar surface area (TPSA) is 27.7 Å². The summed E-state index contributed by atoms with van der Waals surface area (Å²) in [6.07, 6.45) is 25.9. The number of benzene rings is 4. The lowest BCUT2D eigenvalue weighted by molar-refractivity contribution is 0.304. The SMILES string of the molecule is CCCCCCCCOc1ccc2c(c1)-c1c(c3c(c4c1Cc1ccc(OCCCCCCCC)cc1-4)Cc1ccc(OCCCCCCCC)cc1-3)C2. The van der Waals surface area contributed by atoms with Crippen LogP contribution in [-0.2, 0) is 19.3 Å². The van der Waals surface area contributed by atoms with Gasteiger partial charge in [-0.25, -0.2) is 0 Å². The minimum Gasteiger partial charge on any atom is -0.494 e. The molecule has 0 aromatic heterocycles. The largest absolute Gasteiger partial charge is 0.494 e. The van der Waals surface area contributed by atoms with Gasteiger partial charge in [-0.3, -0.25) is 0 Å². The lowest BCUT2D eigenvalue weighted by Crippen LogP contribution is -1.99. The van der Waals surface area contributed by atoms with Crippen molar-refractivity contribution in [3.63, 3.8) is 0 Å². The highest BCUT2D eigenvalue weighted by Gasteiger charge is 2.37. The first-order valence-corrected chi connectivity index (χ1v) is 22.2. The first-order valence-electron chi connectivity index (χ1n) is 22.2. The Kier molecular flexibility index (Phi) is 13.7. The highest BCUT2D eigenvalue weighted by molar-refractivity contribution is 6.01. The van der Waals surface area contributed by atoms with Gasteiger partial charge < -0.3 is 14.2 Å². The van der Waals surface area contributed by atoms with Crippen molar-refractivity contribution in [3.8, 4) is 50.6 Å². The molecule has 7 rings (SSSR count). The van der Waals surface area contributed by atoms with Crippen LogP contribution in [0.3, 0.4) is 0 Å². The summed E-state index contributed by atoms with van der Waals surface area (Å²) in [5, 5.41) is 0. The van der Waals surface area contributed by atoms with Crippen LogP contribution in [0.5, 0.6) is 17.2 Å². The Bertz CT molecular complexity index is 1620. The number of unbranched alkanes of at least 4 members (excludes halogenated alkanes) is 15. The van der Waals surface area contributed by atoms with Gasteiger partial charge in [-0.05, 0) is 142 Å². The number of ether oxygens (including phenoxy) is 3. The van der Waals surface area contributed by atoms with Crippen molar-refractivity contribution in [3.05, 3.63) is 88.0 Å². The predicted molar refractivity (Wildman–Crippen MR) is 228 cm³/mol. The molecule has 4 aromatic carbocycles. The fourth-order valence-corrected chi connectivity index (χ4v) is 9.31. The zero-order valence-electron chi connectivity index (χ0n) is 33.9. The molecule has 0 heterocycles. The second-order valence-corrected chi connectivity index (χ2v) is 16.4. The molecule has 0 saturated heterocycles. The van der Waals surface area contributed by atoms with Crippen molar-refractivity contribution in [2.24, 2.45) is 0 Å². The number of rotatable bonds is 24. The van der Waals surface area contributed by atoms with Crippen LogP contribution in [0.15, 0.2) is 54.6 Å². The van der Waals surface area contributed by atoms with Gasteiger partial charge in [0.25, 0.3) is 0 Å². The first kappa shape index (κ1) is 38.6. The van der Waals surface area contributed by atoms with E-state index in [2.05, 4.69) is 75.4 Å². The van der Waals surface area contributed by atoms with Gasteiger partial charge in [0.15, 0.2) is 0 Å². The summed E-state index contributed by atoms with van der Waals surface area (Å²) in [6.45, 7) is 9.22. The Morgan fingerprint density at radius 1 is 0.352 bits per heavy atom. The van der Waals surface area contributed by atoms with Crippen LogP contribution in [0.25, 0.3) is 33.4 Å². The molecule has 0 saturated carbocycles. The van der Waals surface area contributed by atoms with E-state index in [1.54, 1.807) is 0 Å². The average molecular weight is 727 g/mol. The molecule has 288 valence electrons. The van der Waals surface area contributed by atoms with Gasteiger partial charge in [0.1, 0.15) is 17.2 Å². The normalized spacial score (nSPS) is 12.9. The van der Waals surface area contributed by atoms with E-state index < -0.39 is 0 Å². The zero-order valence-corrected chi connectivity index (χ0v) is 33.9. The Morgan fingerprint density at radius 2 is 0.630 bits per heavy atom. The highest BCUT2D eigenvalue weighted by Crippen LogP contribution is 2.57. The molecular formula is C51H66O3. The maximum Gasteiger partial charge on any atom is 0.119 e. The van der Waals surface area contributed by atoms with Crippen LogP contribution in [0.2, 0.25) is 0 Å². The predicted octanol–water partition coefficient (Wildman–Crippen LogP) is 14.6. The number of fused-ring (bicyclic) bond motifs is 12. The van der Waals surface area contributed by atoms with E-state index in [1.807, 2.05) is 0 Å². The molecule has 0 spiro atoms. The van der Waals surface area contributed by atoms with Crippen LogP contribution >= 0.6 is 0 Å². The Labute approximate surface area is 327 Å². The van der Waals surface area contributed by atoms with Crippen molar-refractivity contribution < 1.29 is 14.2 Å². The summed E-state index contributed by atoms with van der Waals surface area (Å²) in [5.74, 6) is 3.03. The van der Waals surface area contributed by atoms with E-state index in [1.165, 1.54) is 163 Å².